The number of nitrogens with zero attached hydrogens (tertiary/aromatic N) is 1. The quantitative estimate of drug-likeness (QED) is 0.887. The zero-order valence-electron chi connectivity index (χ0n) is 11.5. The van der Waals surface area contributed by atoms with E-state index in [1.165, 1.54) is 11.3 Å². The van der Waals surface area contributed by atoms with E-state index in [4.69, 9.17) is 5.73 Å². The van der Waals surface area contributed by atoms with Crippen molar-refractivity contribution in [3.63, 3.8) is 0 Å². The number of benzene rings is 1. The zero-order valence-corrected chi connectivity index (χ0v) is 12.4. The van der Waals surface area contributed by atoms with Gasteiger partial charge in [-0.05, 0) is 17.9 Å². The van der Waals surface area contributed by atoms with E-state index in [-0.39, 0.29) is 6.04 Å². The van der Waals surface area contributed by atoms with E-state index < -0.39 is 5.97 Å². The molecule has 1 heterocycles. The standard InChI is InChI=1S/C15H18N2O2S/c1-9(2)8-11-13(15(18)19)20-14(17-11)12(16)10-6-4-3-5-7-10/h3-7,9,12H,8,16H2,1-2H3,(H,18,19). The molecule has 0 saturated heterocycles. The lowest BCUT2D eigenvalue weighted by Crippen LogP contribution is -2.11. The number of thiazole rings is 1. The van der Waals surface area contributed by atoms with Crippen molar-refractivity contribution < 1.29 is 9.90 Å². The van der Waals surface area contributed by atoms with E-state index >= 15 is 0 Å². The van der Waals surface area contributed by atoms with Crippen molar-refractivity contribution in [2.45, 2.75) is 26.3 Å². The summed E-state index contributed by atoms with van der Waals surface area (Å²) in [5.74, 6) is -0.569. The van der Waals surface area contributed by atoms with E-state index in [1.807, 2.05) is 44.2 Å². The molecule has 2 aromatic rings. The van der Waals surface area contributed by atoms with Crippen molar-refractivity contribution in [1.29, 1.82) is 0 Å². The first kappa shape index (κ1) is 14.7. The Morgan fingerprint density at radius 2 is 2.00 bits per heavy atom. The Kier molecular flexibility index (Phi) is 4.52. The van der Waals surface area contributed by atoms with Crippen LogP contribution in [0.4, 0.5) is 0 Å². The van der Waals surface area contributed by atoms with Gasteiger partial charge in [-0.3, -0.25) is 0 Å². The monoisotopic (exact) mass is 290 g/mol. The van der Waals surface area contributed by atoms with Crippen LogP contribution >= 0.6 is 11.3 Å². The molecule has 1 aromatic carbocycles. The van der Waals surface area contributed by atoms with Crippen molar-refractivity contribution in [1.82, 2.24) is 4.98 Å². The van der Waals surface area contributed by atoms with Gasteiger partial charge in [-0.25, -0.2) is 9.78 Å². The summed E-state index contributed by atoms with van der Waals surface area (Å²) in [6, 6.07) is 9.22. The molecule has 106 valence electrons. The smallest absolute Gasteiger partial charge is 0.347 e. The number of carboxylic acids is 1. The molecule has 0 fully saturated rings. The molecule has 0 aliphatic rings. The molecular weight excluding hydrogens is 272 g/mol. The van der Waals surface area contributed by atoms with E-state index in [2.05, 4.69) is 4.98 Å². The first-order valence-electron chi connectivity index (χ1n) is 6.52. The summed E-state index contributed by atoms with van der Waals surface area (Å²) in [5, 5.41) is 9.93. The Morgan fingerprint density at radius 3 is 2.55 bits per heavy atom. The summed E-state index contributed by atoms with van der Waals surface area (Å²) in [5.41, 5.74) is 7.76. The molecule has 4 nitrogen and oxygen atoms in total. The number of carboxylic acid groups (broad SMARTS) is 1. The number of hydrogen-bond donors (Lipinski definition) is 2. The fraction of sp³-hybridized carbons (Fsp3) is 0.333. The minimum absolute atomic E-state index is 0.306. The minimum Gasteiger partial charge on any atom is -0.477 e. The maximum Gasteiger partial charge on any atom is 0.347 e. The van der Waals surface area contributed by atoms with Crippen LogP contribution in [0.25, 0.3) is 0 Å². The zero-order chi connectivity index (χ0) is 14.7. The number of aromatic nitrogens is 1. The molecule has 1 atom stereocenters. The average molecular weight is 290 g/mol. The summed E-state index contributed by atoms with van der Waals surface area (Å²) < 4.78 is 0. The van der Waals surface area contributed by atoms with Gasteiger partial charge in [0, 0.05) is 0 Å². The molecule has 20 heavy (non-hydrogen) atoms. The highest BCUT2D eigenvalue weighted by Crippen LogP contribution is 2.28. The van der Waals surface area contributed by atoms with E-state index in [9.17, 15) is 9.90 Å². The molecule has 1 aromatic heterocycles. The highest BCUT2D eigenvalue weighted by atomic mass is 32.1. The van der Waals surface area contributed by atoms with Crippen molar-refractivity contribution in [3.05, 3.63) is 51.5 Å². The number of hydrogen-bond acceptors (Lipinski definition) is 4. The highest BCUT2D eigenvalue weighted by molar-refractivity contribution is 7.13. The Hall–Kier alpha value is -1.72. The predicted molar refractivity (Wildman–Crippen MR) is 80.1 cm³/mol. The molecule has 0 radical (unpaired) electrons. The van der Waals surface area contributed by atoms with Gasteiger partial charge in [-0.1, -0.05) is 44.2 Å². The second kappa shape index (κ2) is 6.15. The topological polar surface area (TPSA) is 76.2 Å². The molecule has 0 bridgehead atoms. The molecule has 0 spiro atoms. The van der Waals surface area contributed by atoms with Gasteiger partial charge in [0.2, 0.25) is 0 Å². The number of nitrogens with two attached hydrogens (primary N) is 1. The Balaban J connectivity index is 2.35. The van der Waals surface area contributed by atoms with Gasteiger partial charge < -0.3 is 10.8 Å². The van der Waals surface area contributed by atoms with Gasteiger partial charge in [-0.2, -0.15) is 0 Å². The normalized spacial score (nSPS) is 12.6. The van der Waals surface area contributed by atoms with E-state index in [1.54, 1.807) is 0 Å². The molecular formula is C15H18N2O2S. The molecule has 0 aliphatic heterocycles. The Morgan fingerprint density at radius 1 is 1.35 bits per heavy atom. The third kappa shape index (κ3) is 3.23. The van der Waals surface area contributed by atoms with Crippen LogP contribution in [-0.2, 0) is 6.42 Å². The van der Waals surface area contributed by atoms with Crippen molar-refractivity contribution in [2.75, 3.05) is 0 Å². The lowest BCUT2D eigenvalue weighted by atomic mass is 10.1. The summed E-state index contributed by atoms with van der Waals surface area (Å²) in [6.07, 6.45) is 0.652. The third-order valence-corrected chi connectivity index (χ3v) is 4.10. The molecule has 0 amide bonds. The Bertz CT molecular complexity index is 593. The van der Waals surface area contributed by atoms with Gasteiger partial charge >= 0.3 is 5.97 Å². The molecule has 5 heteroatoms. The minimum atomic E-state index is -0.926. The fourth-order valence-electron chi connectivity index (χ4n) is 2.00. The van der Waals surface area contributed by atoms with Gasteiger partial charge in [0.15, 0.2) is 0 Å². The summed E-state index contributed by atoms with van der Waals surface area (Å²) in [4.78, 5) is 16.1. The van der Waals surface area contributed by atoms with Crippen LogP contribution in [0.15, 0.2) is 30.3 Å². The molecule has 2 rings (SSSR count). The van der Waals surface area contributed by atoms with Crippen LogP contribution in [0.3, 0.4) is 0 Å². The van der Waals surface area contributed by atoms with E-state index in [0.29, 0.717) is 27.9 Å². The van der Waals surface area contributed by atoms with Crippen LogP contribution in [0, 0.1) is 5.92 Å². The van der Waals surface area contributed by atoms with Gasteiger partial charge in [0.1, 0.15) is 9.88 Å². The van der Waals surface area contributed by atoms with Crippen molar-refractivity contribution in [3.8, 4) is 0 Å². The number of rotatable bonds is 5. The molecule has 3 N–H and O–H groups in total. The van der Waals surface area contributed by atoms with Crippen LogP contribution in [0.1, 0.15) is 45.8 Å². The van der Waals surface area contributed by atoms with Gasteiger partial charge in [-0.15, -0.1) is 11.3 Å². The average Bonchev–Trinajstić information content (AvgIpc) is 2.82. The van der Waals surface area contributed by atoms with Crippen LogP contribution in [0.5, 0.6) is 0 Å². The molecule has 1 unspecified atom stereocenters. The summed E-state index contributed by atoms with van der Waals surface area (Å²) >= 11 is 1.18. The van der Waals surface area contributed by atoms with Gasteiger partial charge in [0.05, 0.1) is 11.7 Å². The van der Waals surface area contributed by atoms with Crippen LogP contribution < -0.4 is 5.73 Å². The SMILES string of the molecule is CC(C)Cc1nc(C(N)c2ccccc2)sc1C(=O)O. The van der Waals surface area contributed by atoms with Crippen LogP contribution in [-0.4, -0.2) is 16.1 Å². The maximum atomic E-state index is 11.3. The summed E-state index contributed by atoms with van der Waals surface area (Å²) in [6.45, 7) is 4.09. The lowest BCUT2D eigenvalue weighted by molar-refractivity contribution is 0.0700. The summed E-state index contributed by atoms with van der Waals surface area (Å²) in [7, 11) is 0. The van der Waals surface area contributed by atoms with Crippen molar-refractivity contribution >= 4 is 17.3 Å². The second-order valence-electron chi connectivity index (χ2n) is 5.12. The predicted octanol–water partition coefficient (Wildman–Crippen LogP) is 3.09. The Labute approximate surface area is 122 Å². The van der Waals surface area contributed by atoms with E-state index in [0.717, 1.165) is 5.56 Å². The second-order valence-corrected chi connectivity index (χ2v) is 6.15. The molecule has 0 saturated carbocycles. The fourth-order valence-corrected chi connectivity index (χ4v) is 2.96. The van der Waals surface area contributed by atoms with Crippen molar-refractivity contribution in [2.24, 2.45) is 11.7 Å². The number of aromatic carboxylic acids is 1. The first-order valence-corrected chi connectivity index (χ1v) is 7.34. The highest BCUT2D eigenvalue weighted by Gasteiger charge is 2.21. The maximum absolute atomic E-state index is 11.3. The third-order valence-electron chi connectivity index (χ3n) is 2.93. The van der Waals surface area contributed by atoms with Crippen LogP contribution in [0.2, 0.25) is 0 Å². The van der Waals surface area contributed by atoms with Gasteiger partial charge in [0.25, 0.3) is 0 Å². The molecule has 0 aliphatic carbocycles. The first-order chi connectivity index (χ1) is 9.49. The largest absolute Gasteiger partial charge is 0.477 e. The number of carbonyl (C=O) groups is 1. The lowest BCUT2D eigenvalue weighted by Gasteiger charge is -2.08.